The van der Waals surface area contributed by atoms with Crippen molar-refractivity contribution in [2.75, 3.05) is 7.11 Å². The van der Waals surface area contributed by atoms with E-state index in [2.05, 4.69) is 60.7 Å². The topological polar surface area (TPSA) is 29.5 Å². The molecule has 1 N–H and O–H groups in total. The lowest BCUT2D eigenvalue weighted by Crippen LogP contribution is -2.32. The molecule has 1 aliphatic heterocycles. The molecule has 1 aliphatic rings. The van der Waals surface area contributed by atoms with Gasteiger partial charge >= 0.3 is 0 Å². The Morgan fingerprint density at radius 3 is 2.00 bits per heavy atom. The van der Waals surface area contributed by atoms with Gasteiger partial charge in [0, 0.05) is 20.9 Å². The number of benzene rings is 6. The molecule has 7 rings (SSSR count). The van der Waals surface area contributed by atoms with Crippen LogP contribution in [0.2, 0.25) is 0 Å². The normalized spacial score (nSPS) is 17.4. The van der Waals surface area contributed by atoms with E-state index in [1.54, 1.807) is 18.9 Å². The van der Waals surface area contributed by atoms with Crippen LogP contribution in [0.5, 0.6) is 5.75 Å². The Labute approximate surface area is 195 Å². The van der Waals surface area contributed by atoms with Crippen molar-refractivity contribution >= 4 is 44.1 Å². The lowest BCUT2D eigenvalue weighted by atomic mass is 9.78. The molecule has 3 heteroatoms. The highest BCUT2D eigenvalue weighted by molar-refractivity contribution is 7.99. The largest absolute Gasteiger partial charge is 0.497 e. The van der Waals surface area contributed by atoms with Gasteiger partial charge in [0.25, 0.3) is 0 Å². The van der Waals surface area contributed by atoms with Crippen molar-refractivity contribution < 1.29 is 9.84 Å². The van der Waals surface area contributed by atoms with E-state index in [1.807, 2.05) is 36.4 Å². The van der Waals surface area contributed by atoms with E-state index in [4.69, 9.17) is 4.74 Å². The summed E-state index contributed by atoms with van der Waals surface area (Å²) < 4.78 is 5.48. The van der Waals surface area contributed by atoms with Crippen LogP contribution >= 0.6 is 11.8 Å². The van der Waals surface area contributed by atoms with Gasteiger partial charge in [0.05, 0.1) is 7.11 Å². The molecule has 6 aromatic carbocycles. The molecule has 1 heterocycles. The smallest absolute Gasteiger partial charge is 0.142 e. The summed E-state index contributed by atoms with van der Waals surface area (Å²) in [6.45, 7) is 0. The van der Waals surface area contributed by atoms with Gasteiger partial charge in [-0.25, -0.2) is 0 Å². The highest BCUT2D eigenvalue weighted by Crippen LogP contribution is 2.52. The molecule has 2 nitrogen and oxygen atoms in total. The van der Waals surface area contributed by atoms with E-state index >= 15 is 0 Å². The summed E-state index contributed by atoms with van der Waals surface area (Å²) >= 11 is 1.68. The summed E-state index contributed by atoms with van der Waals surface area (Å²) in [5, 5.41) is 19.9. The molecule has 0 spiro atoms. The zero-order chi connectivity index (χ0) is 22.2. The SMILES string of the molecule is COc1ccc2c(c1)Sc1ccccc1C2(O)c1cc2ccc3cccc4ccc(c1)c2c34. The molecule has 0 saturated carbocycles. The second-order valence-electron chi connectivity index (χ2n) is 8.68. The van der Waals surface area contributed by atoms with E-state index in [9.17, 15) is 5.11 Å². The quantitative estimate of drug-likeness (QED) is 0.283. The molecule has 1 unspecified atom stereocenters. The summed E-state index contributed by atoms with van der Waals surface area (Å²) in [5.41, 5.74) is 1.43. The molecule has 1 atom stereocenters. The first-order chi connectivity index (χ1) is 16.2. The van der Waals surface area contributed by atoms with Gasteiger partial charge in [0.2, 0.25) is 0 Å². The fourth-order valence-corrected chi connectivity index (χ4v) is 6.61. The fourth-order valence-electron chi connectivity index (χ4n) is 5.40. The third-order valence-corrected chi connectivity index (χ3v) is 8.09. The molecule has 0 amide bonds. The first kappa shape index (κ1) is 19.0. The van der Waals surface area contributed by atoms with Crippen LogP contribution in [-0.4, -0.2) is 12.2 Å². The van der Waals surface area contributed by atoms with Gasteiger partial charge in [-0.2, -0.15) is 0 Å². The Balaban J connectivity index is 1.57. The molecular weight excluding hydrogens is 424 g/mol. The van der Waals surface area contributed by atoms with E-state index in [1.165, 1.54) is 21.5 Å². The third kappa shape index (κ3) is 2.55. The monoisotopic (exact) mass is 444 g/mol. The number of fused-ring (bicyclic) bond motifs is 2. The zero-order valence-electron chi connectivity index (χ0n) is 18.0. The van der Waals surface area contributed by atoms with E-state index < -0.39 is 5.60 Å². The third-order valence-electron chi connectivity index (χ3n) is 6.96. The van der Waals surface area contributed by atoms with Gasteiger partial charge in [0.1, 0.15) is 11.4 Å². The van der Waals surface area contributed by atoms with Crippen molar-refractivity contribution in [2.45, 2.75) is 15.4 Å². The minimum atomic E-state index is -1.26. The average Bonchev–Trinajstić information content (AvgIpc) is 2.87. The van der Waals surface area contributed by atoms with E-state index in [0.717, 1.165) is 43.0 Å². The maximum atomic E-state index is 12.5. The first-order valence-electron chi connectivity index (χ1n) is 11.0. The lowest BCUT2D eigenvalue weighted by molar-refractivity contribution is 0.119. The van der Waals surface area contributed by atoms with Crippen LogP contribution in [0.25, 0.3) is 32.3 Å². The zero-order valence-corrected chi connectivity index (χ0v) is 18.8. The molecule has 0 aromatic heterocycles. The minimum Gasteiger partial charge on any atom is -0.497 e. The van der Waals surface area contributed by atoms with Crippen LogP contribution in [-0.2, 0) is 5.60 Å². The van der Waals surface area contributed by atoms with Crippen molar-refractivity contribution in [3.8, 4) is 5.75 Å². The average molecular weight is 445 g/mol. The highest BCUT2D eigenvalue weighted by Gasteiger charge is 2.41. The molecule has 158 valence electrons. The summed E-state index contributed by atoms with van der Waals surface area (Å²) in [4.78, 5) is 2.08. The van der Waals surface area contributed by atoms with Crippen LogP contribution < -0.4 is 4.74 Å². The standard InChI is InChI=1S/C30H20O2S/c1-32-23-13-14-25-27(17-23)33-26-8-3-2-7-24(26)30(25,31)22-15-20-11-9-18-5-4-6-19-10-12-21(16-22)29(20)28(18)19/h2-17,31H,1H3. The Bertz CT molecular complexity index is 1640. The molecular formula is C30H20O2S. The summed E-state index contributed by atoms with van der Waals surface area (Å²) in [6, 6.07) is 33.6. The van der Waals surface area contributed by atoms with Crippen LogP contribution in [0.4, 0.5) is 0 Å². The van der Waals surface area contributed by atoms with Crippen LogP contribution in [0, 0.1) is 0 Å². The van der Waals surface area contributed by atoms with Crippen LogP contribution in [0.1, 0.15) is 16.7 Å². The number of hydrogen-bond donors (Lipinski definition) is 1. The Kier molecular flexibility index (Phi) is 3.88. The Hall–Kier alpha value is -3.53. The number of ether oxygens (including phenoxy) is 1. The van der Waals surface area contributed by atoms with Crippen LogP contribution in [0.15, 0.2) is 107 Å². The molecule has 0 saturated heterocycles. The Morgan fingerprint density at radius 2 is 1.27 bits per heavy atom. The van der Waals surface area contributed by atoms with Gasteiger partial charge in [-0.1, -0.05) is 78.5 Å². The van der Waals surface area contributed by atoms with Crippen molar-refractivity contribution in [3.63, 3.8) is 0 Å². The number of rotatable bonds is 2. The van der Waals surface area contributed by atoms with Crippen molar-refractivity contribution in [1.29, 1.82) is 0 Å². The molecule has 0 fully saturated rings. The first-order valence-corrected chi connectivity index (χ1v) is 11.8. The summed E-state index contributed by atoms with van der Waals surface area (Å²) in [7, 11) is 1.67. The highest BCUT2D eigenvalue weighted by atomic mass is 32.2. The molecule has 0 radical (unpaired) electrons. The second kappa shape index (κ2) is 6.74. The van der Waals surface area contributed by atoms with E-state index in [-0.39, 0.29) is 0 Å². The number of methoxy groups -OCH3 is 1. The maximum Gasteiger partial charge on any atom is 0.142 e. The Morgan fingerprint density at radius 1 is 0.636 bits per heavy atom. The molecule has 0 aliphatic carbocycles. The number of hydrogen-bond acceptors (Lipinski definition) is 3. The number of aliphatic hydroxyl groups is 1. The van der Waals surface area contributed by atoms with Crippen molar-refractivity contribution in [2.24, 2.45) is 0 Å². The summed E-state index contributed by atoms with van der Waals surface area (Å²) in [5.74, 6) is 0.790. The predicted molar refractivity (Wildman–Crippen MR) is 136 cm³/mol. The van der Waals surface area contributed by atoms with Crippen molar-refractivity contribution in [3.05, 3.63) is 114 Å². The van der Waals surface area contributed by atoms with Crippen LogP contribution in [0.3, 0.4) is 0 Å². The van der Waals surface area contributed by atoms with E-state index in [0.29, 0.717) is 0 Å². The lowest BCUT2D eigenvalue weighted by Gasteiger charge is -2.37. The minimum absolute atomic E-state index is 0.790. The summed E-state index contributed by atoms with van der Waals surface area (Å²) in [6.07, 6.45) is 0. The van der Waals surface area contributed by atoms with Gasteiger partial charge in [-0.3, -0.25) is 0 Å². The van der Waals surface area contributed by atoms with Crippen molar-refractivity contribution in [1.82, 2.24) is 0 Å². The van der Waals surface area contributed by atoms with Gasteiger partial charge < -0.3 is 9.84 Å². The van der Waals surface area contributed by atoms with Gasteiger partial charge in [-0.15, -0.1) is 0 Å². The molecule has 6 aromatic rings. The predicted octanol–water partition coefficient (Wildman–Crippen LogP) is 7.34. The molecule has 0 bridgehead atoms. The second-order valence-corrected chi connectivity index (χ2v) is 9.76. The fraction of sp³-hybridized carbons (Fsp3) is 0.0667. The maximum absolute atomic E-state index is 12.5. The van der Waals surface area contributed by atoms with Gasteiger partial charge in [0.15, 0.2) is 0 Å². The molecule has 33 heavy (non-hydrogen) atoms. The van der Waals surface area contributed by atoms with Gasteiger partial charge in [-0.05, 0) is 68.2 Å².